The van der Waals surface area contributed by atoms with Crippen LogP contribution in [0.2, 0.25) is 0 Å². The van der Waals surface area contributed by atoms with Crippen LogP contribution in [0.4, 0.5) is 5.13 Å². The average molecular weight is 220 g/mol. The van der Waals surface area contributed by atoms with E-state index in [2.05, 4.69) is 21.6 Å². The minimum atomic E-state index is 0.609. The van der Waals surface area contributed by atoms with Crippen molar-refractivity contribution in [1.82, 2.24) is 9.36 Å². The predicted octanol–water partition coefficient (Wildman–Crippen LogP) is 2.61. The second-order valence-corrected chi connectivity index (χ2v) is 4.16. The summed E-state index contributed by atoms with van der Waals surface area (Å²) in [7, 11) is 0. The van der Waals surface area contributed by atoms with Crippen LogP contribution in [-0.4, -0.2) is 21.8 Å². The lowest BCUT2D eigenvalue weighted by Crippen LogP contribution is -2.04. The summed E-state index contributed by atoms with van der Waals surface area (Å²) in [4.78, 5) is 4.02. The fourth-order valence-corrected chi connectivity index (χ4v) is 1.58. The van der Waals surface area contributed by atoms with Gasteiger partial charge in [-0.25, -0.2) is 4.98 Å². The van der Waals surface area contributed by atoms with Crippen molar-refractivity contribution in [2.45, 2.75) is 19.8 Å². The molecule has 0 amide bonds. The Bertz CT molecular complexity index is 215. The first kappa shape index (κ1) is 10.7. The summed E-state index contributed by atoms with van der Waals surface area (Å²) in [6.07, 6.45) is 3.86. The third-order valence-corrected chi connectivity index (χ3v) is 2.92. The van der Waals surface area contributed by atoms with Crippen LogP contribution >= 0.6 is 23.1 Å². The van der Waals surface area contributed by atoms with Crippen molar-refractivity contribution in [2.75, 3.05) is 17.7 Å². The molecule has 13 heavy (non-hydrogen) atoms. The molecule has 5 heteroatoms. The summed E-state index contributed by atoms with van der Waals surface area (Å²) in [6, 6.07) is 0. The number of aromatic nitrogens is 2. The molecule has 0 fully saturated rings. The van der Waals surface area contributed by atoms with E-state index in [0.717, 1.165) is 30.4 Å². The van der Waals surface area contributed by atoms with Gasteiger partial charge in [0.2, 0.25) is 5.13 Å². The Morgan fingerprint density at radius 2 is 2.54 bits per heavy atom. The quantitative estimate of drug-likeness (QED) is 0.591. The first-order valence-electron chi connectivity index (χ1n) is 4.39. The van der Waals surface area contributed by atoms with Crippen molar-refractivity contribution in [3.05, 3.63) is 6.33 Å². The van der Waals surface area contributed by atoms with Crippen molar-refractivity contribution >= 4 is 28.3 Å². The highest BCUT2D eigenvalue weighted by Crippen LogP contribution is 2.09. The van der Waals surface area contributed by atoms with Crippen molar-refractivity contribution in [3.63, 3.8) is 0 Å². The van der Waals surface area contributed by atoms with Crippen LogP contribution in [-0.2, 0) is 0 Å². The molecule has 0 saturated carbocycles. The van der Waals surface area contributed by atoms with Gasteiger partial charge in [0.1, 0.15) is 6.33 Å². The van der Waals surface area contributed by atoms with Crippen molar-refractivity contribution in [1.29, 1.82) is 0 Å². The van der Waals surface area contributed by atoms with Crippen LogP contribution in [0.25, 0.3) is 0 Å². The summed E-state index contributed by atoms with van der Waals surface area (Å²) in [5, 5.41) is 4.11. The monoisotopic (exact) mass is 219 g/mol. The van der Waals surface area contributed by atoms with Crippen LogP contribution in [0.1, 0.15) is 19.8 Å². The van der Waals surface area contributed by atoms with Crippen LogP contribution < -0.4 is 5.32 Å². The van der Waals surface area contributed by atoms with E-state index >= 15 is 0 Å². The van der Waals surface area contributed by atoms with E-state index in [9.17, 15) is 0 Å². The highest BCUT2D eigenvalue weighted by atomic mass is 35.5. The molecule has 0 aliphatic carbocycles. The van der Waals surface area contributed by atoms with E-state index in [1.54, 1.807) is 6.33 Å². The molecule has 3 nitrogen and oxygen atoms in total. The van der Waals surface area contributed by atoms with Gasteiger partial charge in [0.25, 0.3) is 0 Å². The minimum absolute atomic E-state index is 0.609. The second kappa shape index (κ2) is 6.16. The summed E-state index contributed by atoms with van der Waals surface area (Å²) in [5.74, 6) is 1.36. The maximum atomic E-state index is 5.69. The predicted molar refractivity (Wildman–Crippen MR) is 57.5 cm³/mol. The van der Waals surface area contributed by atoms with Gasteiger partial charge in [-0.2, -0.15) is 4.37 Å². The standard InChI is InChI=1S/C8H14ClN3S/c1-7(5-9)3-2-4-10-8-11-6-12-13-8/h6-7H,2-5H2,1H3,(H,10,11,12). The van der Waals surface area contributed by atoms with E-state index in [4.69, 9.17) is 11.6 Å². The number of alkyl halides is 1. The Balaban J connectivity index is 2.02. The Labute approximate surface area is 87.7 Å². The molecule has 1 rings (SSSR count). The molecule has 74 valence electrons. The zero-order chi connectivity index (χ0) is 9.52. The molecule has 0 saturated heterocycles. The van der Waals surface area contributed by atoms with Gasteiger partial charge in [-0.05, 0) is 18.8 Å². The van der Waals surface area contributed by atoms with Crippen LogP contribution in [0.3, 0.4) is 0 Å². The normalized spacial score (nSPS) is 12.8. The van der Waals surface area contributed by atoms with E-state index in [0.29, 0.717) is 5.92 Å². The van der Waals surface area contributed by atoms with Gasteiger partial charge in [-0.1, -0.05) is 6.92 Å². The average Bonchev–Trinajstić information content (AvgIpc) is 2.64. The van der Waals surface area contributed by atoms with Gasteiger partial charge in [0.05, 0.1) is 0 Å². The fraction of sp³-hybridized carbons (Fsp3) is 0.750. The smallest absolute Gasteiger partial charge is 0.202 e. The van der Waals surface area contributed by atoms with E-state index in [1.807, 2.05) is 0 Å². The van der Waals surface area contributed by atoms with Crippen LogP contribution in [0.5, 0.6) is 0 Å². The van der Waals surface area contributed by atoms with Gasteiger partial charge in [-0.3, -0.25) is 0 Å². The first-order chi connectivity index (χ1) is 6.33. The summed E-state index contributed by atoms with van der Waals surface area (Å²) < 4.78 is 3.90. The molecule has 1 N–H and O–H groups in total. The second-order valence-electron chi connectivity index (χ2n) is 3.07. The highest BCUT2D eigenvalue weighted by Gasteiger charge is 1.99. The minimum Gasteiger partial charge on any atom is -0.360 e. The Morgan fingerprint density at radius 1 is 1.69 bits per heavy atom. The zero-order valence-electron chi connectivity index (χ0n) is 7.66. The summed E-state index contributed by atoms with van der Waals surface area (Å²) in [5.41, 5.74) is 0. The molecule has 0 bridgehead atoms. The zero-order valence-corrected chi connectivity index (χ0v) is 9.24. The molecular formula is C8H14ClN3S. The largest absolute Gasteiger partial charge is 0.360 e. The van der Waals surface area contributed by atoms with E-state index < -0.39 is 0 Å². The lowest BCUT2D eigenvalue weighted by Gasteiger charge is -2.06. The number of nitrogens with zero attached hydrogens (tertiary/aromatic N) is 2. The summed E-state index contributed by atoms with van der Waals surface area (Å²) >= 11 is 7.08. The fourth-order valence-electron chi connectivity index (χ4n) is 0.974. The van der Waals surface area contributed by atoms with Gasteiger partial charge in [0.15, 0.2) is 0 Å². The maximum Gasteiger partial charge on any atom is 0.202 e. The molecule has 1 unspecified atom stereocenters. The van der Waals surface area contributed by atoms with E-state index in [1.165, 1.54) is 11.5 Å². The van der Waals surface area contributed by atoms with Gasteiger partial charge in [-0.15, -0.1) is 11.6 Å². The van der Waals surface area contributed by atoms with Gasteiger partial charge >= 0.3 is 0 Å². The lowest BCUT2D eigenvalue weighted by molar-refractivity contribution is 0.572. The molecule has 1 aromatic heterocycles. The summed E-state index contributed by atoms with van der Waals surface area (Å²) in [6.45, 7) is 3.12. The number of halogens is 1. The van der Waals surface area contributed by atoms with Gasteiger partial charge in [0, 0.05) is 24.0 Å². The van der Waals surface area contributed by atoms with E-state index in [-0.39, 0.29) is 0 Å². The molecule has 0 spiro atoms. The molecule has 1 atom stereocenters. The number of anilines is 1. The number of hydrogen-bond donors (Lipinski definition) is 1. The number of hydrogen-bond acceptors (Lipinski definition) is 4. The molecular weight excluding hydrogens is 206 g/mol. The topological polar surface area (TPSA) is 37.8 Å². The molecule has 1 aromatic rings. The molecule has 0 aliphatic rings. The third-order valence-electron chi connectivity index (χ3n) is 1.77. The Hall–Kier alpha value is -0.350. The Morgan fingerprint density at radius 3 is 3.15 bits per heavy atom. The van der Waals surface area contributed by atoms with Crippen molar-refractivity contribution in [2.24, 2.45) is 5.92 Å². The third kappa shape index (κ3) is 4.43. The molecule has 0 aliphatic heterocycles. The maximum absolute atomic E-state index is 5.69. The van der Waals surface area contributed by atoms with Gasteiger partial charge < -0.3 is 5.32 Å². The highest BCUT2D eigenvalue weighted by molar-refractivity contribution is 7.09. The van der Waals surface area contributed by atoms with Crippen molar-refractivity contribution in [3.8, 4) is 0 Å². The Kier molecular flexibility index (Phi) is 5.08. The SMILES string of the molecule is CC(CCl)CCCNc1ncns1. The molecule has 0 radical (unpaired) electrons. The molecule has 1 heterocycles. The number of nitrogens with one attached hydrogen (secondary N) is 1. The number of rotatable bonds is 6. The lowest BCUT2D eigenvalue weighted by atomic mass is 10.1. The van der Waals surface area contributed by atoms with Crippen LogP contribution in [0.15, 0.2) is 6.33 Å². The molecule has 0 aromatic carbocycles. The first-order valence-corrected chi connectivity index (χ1v) is 5.70. The van der Waals surface area contributed by atoms with Crippen LogP contribution in [0, 0.1) is 5.92 Å². The van der Waals surface area contributed by atoms with Crippen molar-refractivity contribution < 1.29 is 0 Å².